The van der Waals surface area contributed by atoms with Crippen molar-refractivity contribution in [3.05, 3.63) is 0 Å². The number of nitrogens with zero attached hydrogens (tertiary/aromatic N) is 1. The summed E-state index contributed by atoms with van der Waals surface area (Å²) in [6.45, 7) is 5.09. The van der Waals surface area contributed by atoms with Gasteiger partial charge in [0.1, 0.15) is 6.54 Å². The molecule has 5 nitrogen and oxygen atoms in total. The van der Waals surface area contributed by atoms with Crippen LogP contribution >= 0.6 is 0 Å². The molecule has 178 valence electrons. The Hall–Kier alpha value is -1.10. The second-order valence-corrected chi connectivity index (χ2v) is 10.1. The second-order valence-electron chi connectivity index (χ2n) is 10.1. The zero-order valence-corrected chi connectivity index (χ0v) is 20.5. The molecular weight excluding hydrogens is 378 g/mol. The minimum Gasteiger partial charge on any atom is -0.550 e. The summed E-state index contributed by atoms with van der Waals surface area (Å²) < 4.78 is 5.94. The summed E-state index contributed by atoms with van der Waals surface area (Å²) in [7, 11) is 5.85. The first-order valence-corrected chi connectivity index (χ1v) is 12.3. The number of carbonyl (C=O) groups excluding carboxylic acids is 2. The zero-order chi connectivity index (χ0) is 22.8. The van der Waals surface area contributed by atoms with Crippen LogP contribution in [0, 0.1) is 5.92 Å². The Kier molecular flexibility index (Phi) is 16.9. The van der Waals surface area contributed by atoms with Gasteiger partial charge in [-0.1, -0.05) is 90.9 Å². The smallest absolute Gasteiger partial charge is 0.306 e. The Balaban J connectivity index is 3.73. The highest BCUT2D eigenvalue weighted by atomic mass is 16.5. The molecule has 0 aliphatic carbocycles. The number of ether oxygens (including phenoxy) is 1. The minimum atomic E-state index is -1.17. The SMILES string of the molecule is CCCCCCCCCC(C)CCCCCCC(=O)OC(CC(=O)[O-])C[N+](C)(C)C. The van der Waals surface area contributed by atoms with E-state index in [0.717, 1.165) is 25.2 Å². The molecule has 0 saturated heterocycles. The van der Waals surface area contributed by atoms with E-state index in [9.17, 15) is 14.7 Å². The van der Waals surface area contributed by atoms with Crippen LogP contribution in [0.3, 0.4) is 0 Å². The zero-order valence-electron chi connectivity index (χ0n) is 20.5. The first kappa shape index (κ1) is 28.9. The van der Waals surface area contributed by atoms with Crippen LogP contribution < -0.4 is 5.11 Å². The maximum Gasteiger partial charge on any atom is 0.306 e. The molecule has 0 aromatic heterocycles. The van der Waals surface area contributed by atoms with Gasteiger partial charge in [-0.15, -0.1) is 0 Å². The highest BCUT2D eigenvalue weighted by molar-refractivity contribution is 5.70. The average molecular weight is 428 g/mol. The van der Waals surface area contributed by atoms with Gasteiger partial charge in [0.05, 0.1) is 21.1 Å². The molecule has 2 unspecified atom stereocenters. The lowest BCUT2D eigenvalue weighted by Gasteiger charge is -2.29. The number of carbonyl (C=O) groups is 2. The van der Waals surface area contributed by atoms with Gasteiger partial charge in [0.25, 0.3) is 0 Å². The molecule has 0 aliphatic rings. The molecule has 0 radical (unpaired) electrons. The number of carboxylic acid groups (broad SMARTS) is 1. The first-order chi connectivity index (χ1) is 14.1. The lowest BCUT2D eigenvalue weighted by molar-refractivity contribution is -0.873. The average Bonchev–Trinajstić information content (AvgIpc) is 2.61. The number of hydrogen-bond donors (Lipinski definition) is 0. The number of aliphatic carboxylic acids is 1. The van der Waals surface area contributed by atoms with E-state index in [2.05, 4.69) is 13.8 Å². The van der Waals surface area contributed by atoms with Gasteiger partial charge < -0.3 is 19.1 Å². The predicted molar refractivity (Wildman–Crippen MR) is 122 cm³/mol. The van der Waals surface area contributed by atoms with Gasteiger partial charge in [0, 0.05) is 18.8 Å². The molecule has 0 amide bonds. The van der Waals surface area contributed by atoms with E-state index >= 15 is 0 Å². The van der Waals surface area contributed by atoms with Gasteiger partial charge >= 0.3 is 5.97 Å². The molecule has 0 aromatic carbocycles. The lowest BCUT2D eigenvalue weighted by Crippen LogP contribution is -2.45. The lowest BCUT2D eigenvalue weighted by atomic mass is 9.96. The van der Waals surface area contributed by atoms with Crippen LogP contribution in [0.2, 0.25) is 0 Å². The highest BCUT2D eigenvalue weighted by Crippen LogP contribution is 2.18. The molecular formula is C25H49NO4. The number of likely N-dealkylation sites (N-methyl/N-ethyl adjacent to an activating group) is 1. The predicted octanol–water partition coefficient (Wildman–Crippen LogP) is 4.86. The van der Waals surface area contributed by atoms with Crippen molar-refractivity contribution in [2.45, 2.75) is 116 Å². The van der Waals surface area contributed by atoms with E-state index in [1.807, 2.05) is 21.1 Å². The van der Waals surface area contributed by atoms with Crippen molar-refractivity contribution in [3.8, 4) is 0 Å². The Bertz CT molecular complexity index is 445. The van der Waals surface area contributed by atoms with Gasteiger partial charge in [-0.25, -0.2) is 0 Å². The molecule has 5 heteroatoms. The van der Waals surface area contributed by atoms with Crippen molar-refractivity contribution in [1.82, 2.24) is 0 Å². The second kappa shape index (κ2) is 17.6. The third kappa shape index (κ3) is 20.2. The van der Waals surface area contributed by atoms with E-state index in [4.69, 9.17) is 4.74 Å². The monoisotopic (exact) mass is 427 g/mol. The largest absolute Gasteiger partial charge is 0.550 e. The molecule has 0 aliphatic heterocycles. The molecule has 0 saturated carbocycles. The van der Waals surface area contributed by atoms with Crippen molar-refractivity contribution in [2.24, 2.45) is 5.92 Å². The molecule has 2 atom stereocenters. The Morgan fingerprint density at radius 1 is 0.833 bits per heavy atom. The molecule has 0 fully saturated rings. The fourth-order valence-electron chi connectivity index (χ4n) is 3.90. The van der Waals surface area contributed by atoms with E-state index in [1.165, 1.54) is 64.2 Å². The topological polar surface area (TPSA) is 66.4 Å². The Morgan fingerprint density at radius 3 is 1.83 bits per heavy atom. The van der Waals surface area contributed by atoms with Crippen molar-refractivity contribution in [3.63, 3.8) is 0 Å². The fourth-order valence-corrected chi connectivity index (χ4v) is 3.90. The first-order valence-electron chi connectivity index (χ1n) is 12.3. The van der Waals surface area contributed by atoms with Crippen LogP contribution in [-0.4, -0.2) is 50.2 Å². The van der Waals surface area contributed by atoms with Crippen LogP contribution in [0.15, 0.2) is 0 Å². The maximum absolute atomic E-state index is 12.0. The summed E-state index contributed by atoms with van der Waals surface area (Å²) in [4.78, 5) is 22.9. The number of hydrogen-bond acceptors (Lipinski definition) is 4. The summed E-state index contributed by atoms with van der Waals surface area (Å²) in [6, 6.07) is 0. The summed E-state index contributed by atoms with van der Waals surface area (Å²) in [5.41, 5.74) is 0. The number of esters is 1. The third-order valence-corrected chi connectivity index (χ3v) is 5.57. The van der Waals surface area contributed by atoms with Gasteiger partial charge in [0.2, 0.25) is 0 Å². The van der Waals surface area contributed by atoms with Gasteiger partial charge in [0.15, 0.2) is 6.10 Å². The van der Waals surface area contributed by atoms with Crippen LogP contribution in [0.1, 0.15) is 110 Å². The normalized spacial score (nSPS) is 13.8. The summed E-state index contributed by atoms with van der Waals surface area (Å²) in [5, 5.41) is 10.9. The van der Waals surface area contributed by atoms with E-state index in [1.54, 1.807) is 0 Å². The number of quaternary nitrogens is 1. The number of rotatable bonds is 20. The van der Waals surface area contributed by atoms with Crippen molar-refractivity contribution >= 4 is 11.9 Å². The van der Waals surface area contributed by atoms with E-state index in [0.29, 0.717) is 17.4 Å². The standard InChI is InChI=1S/C25H49NO4/c1-6-7-8-9-10-11-14-17-22(2)18-15-12-13-16-19-25(29)30-23(20-24(27)28)21-26(3,4)5/h22-23H,6-21H2,1-5H3. The third-order valence-electron chi connectivity index (χ3n) is 5.57. The van der Waals surface area contributed by atoms with Gasteiger partial charge in [-0.3, -0.25) is 4.79 Å². The van der Waals surface area contributed by atoms with Gasteiger partial charge in [-0.2, -0.15) is 0 Å². The van der Waals surface area contributed by atoms with E-state index in [-0.39, 0.29) is 12.4 Å². The molecule has 0 N–H and O–H groups in total. The maximum atomic E-state index is 12.0. The quantitative estimate of drug-likeness (QED) is 0.158. The number of carboxylic acids is 1. The van der Waals surface area contributed by atoms with E-state index < -0.39 is 12.1 Å². The fraction of sp³-hybridized carbons (Fsp3) is 0.920. The molecule has 0 heterocycles. The Labute approximate surface area is 186 Å². The van der Waals surface area contributed by atoms with Crippen LogP contribution in [0.25, 0.3) is 0 Å². The summed E-state index contributed by atoms with van der Waals surface area (Å²) in [5.74, 6) is -0.666. The van der Waals surface area contributed by atoms with Crippen LogP contribution in [-0.2, 0) is 14.3 Å². The number of unbranched alkanes of at least 4 members (excludes halogenated alkanes) is 9. The molecule has 0 aromatic rings. The van der Waals surface area contributed by atoms with Crippen LogP contribution in [0.4, 0.5) is 0 Å². The highest BCUT2D eigenvalue weighted by Gasteiger charge is 2.22. The summed E-state index contributed by atoms with van der Waals surface area (Å²) in [6.07, 6.45) is 16.0. The molecule has 0 rings (SSSR count). The molecule has 30 heavy (non-hydrogen) atoms. The van der Waals surface area contributed by atoms with Crippen LogP contribution in [0.5, 0.6) is 0 Å². The van der Waals surface area contributed by atoms with Crippen molar-refractivity contribution in [1.29, 1.82) is 0 Å². The van der Waals surface area contributed by atoms with Crippen molar-refractivity contribution in [2.75, 3.05) is 27.7 Å². The minimum absolute atomic E-state index is 0.238. The molecule has 0 spiro atoms. The molecule has 0 bridgehead atoms. The van der Waals surface area contributed by atoms with Crippen molar-refractivity contribution < 1.29 is 23.9 Å². The van der Waals surface area contributed by atoms with Gasteiger partial charge in [-0.05, 0) is 12.3 Å². The Morgan fingerprint density at radius 2 is 1.33 bits per heavy atom. The summed E-state index contributed by atoms with van der Waals surface area (Å²) >= 11 is 0.